The van der Waals surface area contributed by atoms with Crippen LogP contribution < -0.4 is 88.3 Å². The first-order valence-electron chi connectivity index (χ1n) is 29.9. The summed E-state index contributed by atoms with van der Waals surface area (Å²) in [6.45, 7) is 6.76. The molecule has 19 nitrogen and oxygen atoms in total. The number of unbranched alkanes of at least 4 members (excludes halogenated alkanes) is 1. The van der Waals surface area contributed by atoms with Gasteiger partial charge in [-0.15, -0.1) is 0 Å². The zero-order valence-electron chi connectivity index (χ0n) is 53.6. The van der Waals surface area contributed by atoms with Gasteiger partial charge in [0.25, 0.3) is 0 Å². The molecule has 0 spiro atoms. The first-order valence-corrected chi connectivity index (χ1v) is 29.7. The second kappa shape index (κ2) is 51.0. The number of aliphatic imine (C=N–C) groups is 1. The van der Waals surface area contributed by atoms with Crippen molar-refractivity contribution in [1.29, 1.82) is 0 Å². The van der Waals surface area contributed by atoms with Crippen LogP contribution in [0.25, 0.3) is 5.76 Å². The molecule has 3 unspecified atom stereocenters. The molecule has 3 fully saturated rings. The van der Waals surface area contributed by atoms with E-state index in [1.165, 1.54) is 51.9 Å². The van der Waals surface area contributed by atoms with Crippen LogP contribution in [-0.2, 0) is 14.4 Å². The van der Waals surface area contributed by atoms with Crippen molar-refractivity contribution in [1.82, 2.24) is 45.3 Å². The molecule has 3 saturated heterocycles. The minimum absolute atomic E-state index is 0. The predicted molar refractivity (Wildman–Crippen MR) is 331 cm³/mol. The normalized spacial score (nSPS) is 17.9. The zero-order valence-corrected chi connectivity index (χ0v) is 53.2. The molecule has 0 aliphatic carbocycles. The van der Waals surface area contributed by atoms with Crippen molar-refractivity contribution in [2.45, 2.75) is 122 Å². The number of nitrogens with zero attached hydrogens (tertiary/aromatic N) is 8. The number of pyridine rings is 4. The number of hydrogen-bond acceptors (Lipinski definition) is 19. The summed E-state index contributed by atoms with van der Waals surface area (Å²) in [5.74, 6) is -2.10. The van der Waals surface area contributed by atoms with Gasteiger partial charge in [0.15, 0.2) is 11.6 Å². The van der Waals surface area contributed by atoms with Gasteiger partial charge < -0.3 is 46.4 Å². The van der Waals surface area contributed by atoms with E-state index in [1.807, 2.05) is 12.3 Å². The molecule has 0 aromatic carbocycles. The number of ketones is 2. The van der Waals surface area contributed by atoms with E-state index < -0.39 is 17.6 Å². The summed E-state index contributed by atoms with van der Waals surface area (Å²) < 4.78 is 21.5. The van der Waals surface area contributed by atoms with Crippen LogP contribution in [0.1, 0.15) is 158 Å². The largest absolute Gasteiger partial charge is 1.00 e. The molecule has 4 aromatic heterocycles. The van der Waals surface area contributed by atoms with Gasteiger partial charge in [-0.1, -0.05) is 30.0 Å². The number of piperidine rings is 3. The van der Waals surface area contributed by atoms with Crippen molar-refractivity contribution >= 4 is 78.6 Å². The second-order valence-electron chi connectivity index (χ2n) is 19.1. The number of thiol groups is 3. The predicted octanol–water partition coefficient (Wildman–Crippen LogP) is -2.68. The van der Waals surface area contributed by atoms with Gasteiger partial charge in [-0.3, -0.25) is 48.9 Å². The van der Waals surface area contributed by atoms with Crippen molar-refractivity contribution < 1.29 is 100.0 Å². The molecule has 6 aliphatic heterocycles. The van der Waals surface area contributed by atoms with E-state index in [4.69, 9.17) is 9.85 Å². The summed E-state index contributed by atoms with van der Waals surface area (Å²) in [4.78, 5) is 79.3. The molecular weight excluding hydrogens is 1130 g/mol. The molecule has 0 bridgehead atoms. The van der Waals surface area contributed by atoms with Gasteiger partial charge in [0.05, 0.1) is 21.7 Å². The Kier molecular flexibility index (Phi) is 44.6. The topological polar surface area (TPSA) is 278 Å². The molecule has 4 aromatic rings. The maximum absolute atomic E-state index is 11.9. The van der Waals surface area contributed by atoms with E-state index >= 15 is 0 Å². The van der Waals surface area contributed by atoms with Crippen LogP contribution in [0.2, 0.25) is 0 Å². The average Bonchev–Trinajstić information content (AvgIpc) is 3.64. The van der Waals surface area contributed by atoms with Crippen LogP contribution >= 0.6 is 37.9 Å². The number of rotatable bonds is 11. The number of carbonyl (C=O) groups is 5. The molecule has 6 aliphatic rings. The van der Waals surface area contributed by atoms with Crippen LogP contribution in [0.3, 0.4) is 0 Å². The molecule has 10 heterocycles. The molecule has 0 saturated carbocycles. The number of nitrogens with one attached hydrogen (secondary N) is 2. The molecule has 10 rings (SSSR count). The van der Waals surface area contributed by atoms with Gasteiger partial charge in [0.2, 0.25) is 17.7 Å². The molecule has 452 valence electrons. The minimum Gasteiger partial charge on any atom is -0.872 e. The van der Waals surface area contributed by atoms with Crippen LogP contribution in [0.15, 0.2) is 133 Å². The number of nitrogens with two attached hydrogens (primary N) is 1. The van der Waals surface area contributed by atoms with Crippen LogP contribution in [-0.4, -0.2) is 133 Å². The Morgan fingerprint density at radius 3 is 1.53 bits per heavy atom. The third-order valence-corrected chi connectivity index (χ3v) is 13.6. The summed E-state index contributed by atoms with van der Waals surface area (Å²) in [5.41, 5.74) is 9.93. The Balaban J connectivity index is 0.000000998. The first kappa shape index (κ1) is 75.3. The summed E-state index contributed by atoms with van der Waals surface area (Å²) in [6.07, 6.45) is 33.0. The number of Topliss-reactive ketones (excluding diaryl/α,β-unsaturated/α-hetero) is 2. The van der Waals surface area contributed by atoms with E-state index in [-0.39, 0.29) is 103 Å². The Bertz CT molecular complexity index is 2720. The standard InChI is InChI=1S/C11H12N2O2.C10H14N2O.C10H12N2.C7H7NO.3C6H11NOS.C5H9NO.3Li/c14-10(8-3-1-5-12-7-8)9-4-2-6-13-11(9)15;11-6-2-1-5-10(13)9-4-3-7-12-8-9;1-2-7-12-10(5-1)9-4-3-6-11-8-9;1-6(9)7-3-2-4-8-5-7;3*8-6-3-1-2-4-7(6)5-9;7-5-3-1-2-4-6-5;;;/h1,3,5,7,14H,2,4,6H2,(H,13,15);3-4,7-8H,1-2,5-6,11H2;3-4,6,8H,1-2,5,7H2;2-5H,1H3;9H,1-5H2;2*3,8-9H,1-2,4-5H2;1-4H2,(H,6,7);;;/q;;;;;;;;3*+1/p-3/b10-9-;;;;;;;;;;/i;;;;3*5T;;;;. The SMILES string of the molecule is CC(=O)c1cccnc1.NCCCCC(=O)c1cccnc1.O=C1CCCCN1.O=C1NCCC/C1=C(/[O-])c1cccnc1.[3H]C(S)N1CCCC=C1[O-].[3H]C(S)N1CCCC=C1[O-].[3H]C(S)N1CCCCC1=O.[Li+].[Li+].[Li+].c1cncc(C2=NCCCC2)c1. The minimum atomic E-state index is -0.691. The molecule has 25 heteroatoms. The zero-order chi connectivity index (χ0) is 62.9. The van der Waals surface area contributed by atoms with Gasteiger partial charge >= 0.3 is 56.6 Å². The fourth-order valence-electron chi connectivity index (χ4n) is 8.05. The quantitative estimate of drug-likeness (QED) is 0.0223. The molecule has 3 amide bonds. The van der Waals surface area contributed by atoms with Crippen molar-refractivity contribution in [2.75, 3.05) is 63.4 Å². The van der Waals surface area contributed by atoms with Gasteiger partial charge in [-0.2, -0.15) is 37.9 Å². The number of amides is 3. The van der Waals surface area contributed by atoms with Crippen molar-refractivity contribution in [3.05, 3.63) is 150 Å². The average molecular weight is 1220 g/mol. The van der Waals surface area contributed by atoms with Crippen LogP contribution in [0.4, 0.5) is 0 Å². The smallest absolute Gasteiger partial charge is 0.872 e. The summed E-state index contributed by atoms with van der Waals surface area (Å²) in [5, 5.41) is 39.2. The fourth-order valence-corrected chi connectivity index (χ4v) is 8.75. The van der Waals surface area contributed by atoms with E-state index in [1.54, 1.807) is 85.7 Å². The maximum atomic E-state index is 11.9. The Hall–Kier alpha value is -4.96. The number of hydrogen-bond donors (Lipinski definition) is 6. The number of likely N-dealkylation sites (tertiary alicyclic amines) is 1. The Morgan fingerprint density at radius 1 is 0.616 bits per heavy atom. The third kappa shape index (κ3) is 34.5. The monoisotopic (exact) mass is 1220 g/mol. The van der Waals surface area contributed by atoms with E-state index in [9.17, 15) is 39.3 Å². The molecule has 4 N–H and O–H groups in total. The van der Waals surface area contributed by atoms with Crippen LogP contribution in [0, 0.1) is 0 Å². The molecular formula is C61H84Li3N11O8S3. The number of allylic oxidation sites excluding steroid dienone is 2. The fraction of sp³-hybridized carbons (Fsp3) is 0.475. The molecule has 86 heavy (non-hydrogen) atoms. The van der Waals surface area contributed by atoms with Crippen molar-refractivity contribution in [3.63, 3.8) is 0 Å². The van der Waals surface area contributed by atoms with E-state index in [2.05, 4.69) is 79.5 Å². The Morgan fingerprint density at radius 2 is 1.14 bits per heavy atom. The Labute approximate surface area is 566 Å². The number of carbonyl (C=O) groups excluding carboxylic acids is 5. The summed E-state index contributed by atoms with van der Waals surface area (Å²) in [6, 6.07) is 14.5. The third-order valence-electron chi connectivity index (χ3n) is 12.7. The van der Waals surface area contributed by atoms with Gasteiger partial charge in [0, 0.05) is 136 Å². The van der Waals surface area contributed by atoms with E-state index in [0.29, 0.717) is 74.2 Å². The first-order chi connectivity index (χ1) is 41.4. The van der Waals surface area contributed by atoms with Crippen molar-refractivity contribution in [2.24, 2.45) is 10.7 Å². The summed E-state index contributed by atoms with van der Waals surface area (Å²) >= 11 is 11.6. The van der Waals surface area contributed by atoms with Gasteiger partial charge in [0.1, 0.15) is 0 Å². The van der Waals surface area contributed by atoms with E-state index in [0.717, 1.165) is 96.6 Å². The number of aromatic nitrogens is 4. The molecule has 0 radical (unpaired) electrons. The van der Waals surface area contributed by atoms with Gasteiger partial charge in [-0.25, -0.2) is 0 Å². The molecule has 3 atom stereocenters. The second-order valence-corrected chi connectivity index (χ2v) is 19.8. The van der Waals surface area contributed by atoms with Crippen molar-refractivity contribution in [3.8, 4) is 0 Å². The maximum Gasteiger partial charge on any atom is 1.00 e. The summed E-state index contributed by atoms with van der Waals surface area (Å²) in [7, 11) is 0. The van der Waals surface area contributed by atoms with Gasteiger partial charge in [-0.05, 0) is 164 Å². The van der Waals surface area contributed by atoms with Crippen LogP contribution in [0.5, 0.6) is 0 Å².